The standard InChI is InChI=1S/C14H20BrN3O/c1-11(2)13(15)14(19)18-9-7-17(8-10-18)12-5-3-4-6-16-12/h3-6,11,13H,7-10H2,1-2H3. The maximum Gasteiger partial charge on any atom is 0.236 e. The van der Waals surface area contributed by atoms with E-state index in [4.69, 9.17) is 0 Å². The lowest BCUT2D eigenvalue weighted by Crippen LogP contribution is -2.51. The van der Waals surface area contributed by atoms with Crippen LogP contribution in [0.2, 0.25) is 0 Å². The minimum atomic E-state index is -0.0751. The number of alkyl halides is 1. The highest BCUT2D eigenvalue weighted by Gasteiger charge is 2.27. The van der Waals surface area contributed by atoms with Gasteiger partial charge in [-0.05, 0) is 18.1 Å². The normalized spacial score (nSPS) is 17.7. The highest BCUT2D eigenvalue weighted by molar-refractivity contribution is 9.10. The average Bonchev–Trinajstić information content (AvgIpc) is 2.46. The number of pyridine rings is 1. The number of carbonyl (C=O) groups is 1. The number of carbonyl (C=O) groups excluding carboxylic acids is 1. The minimum Gasteiger partial charge on any atom is -0.353 e. The predicted molar refractivity (Wildman–Crippen MR) is 80.6 cm³/mol. The number of rotatable bonds is 3. The number of anilines is 1. The van der Waals surface area contributed by atoms with Gasteiger partial charge < -0.3 is 9.80 Å². The lowest BCUT2D eigenvalue weighted by Gasteiger charge is -2.36. The van der Waals surface area contributed by atoms with Crippen molar-refractivity contribution in [3.63, 3.8) is 0 Å². The molecule has 0 N–H and O–H groups in total. The van der Waals surface area contributed by atoms with E-state index in [1.54, 1.807) is 6.20 Å². The molecule has 1 fully saturated rings. The van der Waals surface area contributed by atoms with Crippen LogP contribution in [0.1, 0.15) is 13.8 Å². The van der Waals surface area contributed by atoms with Gasteiger partial charge in [-0.15, -0.1) is 0 Å². The summed E-state index contributed by atoms with van der Waals surface area (Å²) < 4.78 is 0. The van der Waals surface area contributed by atoms with Gasteiger partial charge in [0.05, 0.1) is 4.83 Å². The van der Waals surface area contributed by atoms with Crippen LogP contribution in [0.5, 0.6) is 0 Å². The highest BCUT2D eigenvalue weighted by atomic mass is 79.9. The Labute approximate surface area is 122 Å². The average molecular weight is 326 g/mol. The van der Waals surface area contributed by atoms with Crippen molar-refractivity contribution in [1.82, 2.24) is 9.88 Å². The summed E-state index contributed by atoms with van der Waals surface area (Å²) in [5, 5.41) is 0. The van der Waals surface area contributed by atoms with Crippen LogP contribution in [0.3, 0.4) is 0 Å². The fraction of sp³-hybridized carbons (Fsp3) is 0.571. The Balaban J connectivity index is 1.91. The number of amides is 1. The fourth-order valence-electron chi connectivity index (χ4n) is 2.16. The molecule has 2 heterocycles. The van der Waals surface area contributed by atoms with Crippen LogP contribution >= 0.6 is 15.9 Å². The Kier molecular flexibility index (Phi) is 4.80. The molecule has 104 valence electrons. The number of halogens is 1. The van der Waals surface area contributed by atoms with Crippen molar-refractivity contribution in [2.24, 2.45) is 5.92 Å². The zero-order chi connectivity index (χ0) is 13.8. The van der Waals surface area contributed by atoms with Gasteiger partial charge in [-0.3, -0.25) is 4.79 Å². The van der Waals surface area contributed by atoms with Gasteiger partial charge in [-0.25, -0.2) is 4.98 Å². The zero-order valence-electron chi connectivity index (χ0n) is 11.4. The molecule has 1 atom stereocenters. The highest BCUT2D eigenvalue weighted by Crippen LogP contribution is 2.18. The van der Waals surface area contributed by atoms with Crippen molar-refractivity contribution in [2.45, 2.75) is 18.7 Å². The Morgan fingerprint density at radius 2 is 1.95 bits per heavy atom. The Morgan fingerprint density at radius 1 is 1.26 bits per heavy atom. The first-order valence-electron chi connectivity index (χ1n) is 6.68. The van der Waals surface area contributed by atoms with E-state index in [-0.39, 0.29) is 10.7 Å². The van der Waals surface area contributed by atoms with Crippen LogP contribution in [0, 0.1) is 5.92 Å². The SMILES string of the molecule is CC(C)C(Br)C(=O)N1CCN(c2ccccn2)CC1. The number of hydrogen-bond acceptors (Lipinski definition) is 3. The molecular formula is C14H20BrN3O. The largest absolute Gasteiger partial charge is 0.353 e. The number of piperazine rings is 1. The summed E-state index contributed by atoms with van der Waals surface area (Å²) in [6.45, 7) is 7.35. The molecule has 0 aliphatic carbocycles. The van der Waals surface area contributed by atoms with Crippen LogP contribution in [0.15, 0.2) is 24.4 Å². The van der Waals surface area contributed by atoms with E-state index in [2.05, 4.69) is 39.7 Å². The third-order valence-electron chi connectivity index (χ3n) is 3.39. The number of aromatic nitrogens is 1. The summed E-state index contributed by atoms with van der Waals surface area (Å²) in [6, 6.07) is 5.92. The number of nitrogens with zero attached hydrogens (tertiary/aromatic N) is 3. The molecule has 1 aliphatic rings. The van der Waals surface area contributed by atoms with Crippen LogP contribution < -0.4 is 4.90 Å². The summed E-state index contributed by atoms with van der Waals surface area (Å²) >= 11 is 3.49. The first-order valence-corrected chi connectivity index (χ1v) is 7.60. The van der Waals surface area contributed by atoms with Crippen LogP contribution in [0.25, 0.3) is 0 Å². The summed E-state index contributed by atoms with van der Waals surface area (Å²) in [5.41, 5.74) is 0. The van der Waals surface area contributed by atoms with E-state index in [9.17, 15) is 4.79 Å². The third-order valence-corrected chi connectivity index (χ3v) is 4.83. The van der Waals surface area contributed by atoms with E-state index >= 15 is 0 Å². The molecule has 1 saturated heterocycles. The third kappa shape index (κ3) is 3.47. The Morgan fingerprint density at radius 3 is 2.47 bits per heavy atom. The first kappa shape index (κ1) is 14.3. The molecule has 0 saturated carbocycles. The van der Waals surface area contributed by atoms with Gasteiger partial charge in [0.15, 0.2) is 0 Å². The van der Waals surface area contributed by atoms with Crippen molar-refractivity contribution >= 4 is 27.7 Å². The molecule has 0 radical (unpaired) electrons. The van der Waals surface area contributed by atoms with Gasteiger partial charge >= 0.3 is 0 Å². The summed E-state index contributed by atoms with van der Waals surface area (Å²) in [5.74, 6) is 1.52. The predicted octanol–water partition coefficient (Wildman–Crippen LogP) is 2.15. The summed E-state index contributed by atoms with van der Waals surface area (Å²) in [7, 11) is 0. The molecule has 0 spiro atoms. The molecule has 1 aromatic rings. The molecule has 19 heavy (non-hydrogen) atoms. The Hall–Kier alpha value is -1.10. The van der Waals surface area contributed by atoms with Gasteiger partial charge in [-0.1, -0.05) is 35.8 Å². The minimum absolute atomic E-state index is 0.0751. The molecular weight excluding hydrogens is 306 g/mol. The van der Waals surface area contributed by atoms with Crippen molar-refractivity contribution < 1.29 is 4.79 Å². The topological polar surface area (TPSA) is 36.4 Å². The second kappa shape index (κ2) is 6.37. The lowest BCUT2D eigenvalue weighted by atomic mass is 10.1. The van der Waals surface area contributed by atoms with Gasteiger partial charge in [0.1, 0.15) is 5.82 Å². The molecule has 0 bridgehead atoms. The maximum absolute atomic E-state index is 12.2. The van der Waals surface area contributed by atoms with E-state index in [1.807, 2.05) is 23.1 Å². The second-order valence-electron chi connectivity index (χ2n) is 5.15. The molecule has 1 aliphatic heterocycles. The quantitative estimate of drug-likeness (QED) is 0.799. The molecule has 2 rings (SSSR count). The van der Waals surface area contributed by atoms with Crippen LogP contribution in [0.4, 0.5) is 5.82 Å². The number of hydrogen-bond donors (Lipinski definition) is 0. The monoisotopic (exact) mass is 325 g/mol. The van der Waals surface area contributed by atoms with Crippen LogP contribution in [-0.2, 0) is 4.79 Å². The Bertz CT molecular complexity index is 416. The van der Waals surface area contributed by atoms with Gasteiger partial charge in [-0.2, -0.15) is 0 Å². The summed E-state index contributed by atoms with van der Waals surface area (Å²) in [6.07, 6.45) is 1.81. The van der Waals surface area contributed by atoms with E-state index in [1.165, 1.54) is 0 Å². The van der Waals surface area contributed by atoms with Crippen molar-refractivity contribution in [3.8, 4) is 0 Å². The van der Waals surface area contributed by atoms with E-state index in [0.717, 1.165) is 32.0 Å². The first-order chi connectivity index (χ1) is 9.09. The van der Waals surface area contributed by atoms with Gasteiger partial charge in [0.25, 0.3) is 0 Å². The van der Waals surface area contributed by atoms with Gasteiger partial charge in [0.2, 0.25) is 5.91 Å². The zero-order valence-corrected chi connectivity index (χ0v) is 13.0. The second-order valence-corrected chi connectivity index (χ2v) is 6.13. The smallest absolute Gasteiger partial charge is 0.236 e. The van der Waals surface area contributed by atoms with E-state index in [0.29, 0.717) is 5.92 Å². The van der Waals surface area contributed by atoms with E-state index < -0.39 is 0 Å². The molecule has 1 aromatic heterocycles. The van der Waals surface area contributed by atoms with Crippen molar-refractivity contribution in [3.05, 3.63) is 24.4 Å². The molecule has 5 heteroatoms. The lowest BCUT2D eigenvalue weighted by molar-refractivity contribution is -0.131. The molecule has 4 nitrogen and oxygen atoms in total. The molecule has 1 unspecified atom stereocenters. The summed E-state index contributed by atoms with van der Waals surface area (Å²) in [4.78, 5) is 20.7. The molecule has 0 aromatic carbocycles. The van der Waals surface area contributed by atoms with Crippen molar-refractivity contribution in [2.75, 3.05) is 31.1 Å². The van der Waals surface area contributed by atoms with Gasteiger partial charge in [0, 0.05) is 32.4 Å². The maximum atomic E-state index is 12.2. The van der Waals surface area contributed by atoms with Crippen LogP contribution in [-0.4, -0.2) is 46.8 Å². The van der Waals surface area contributed by atoms with Crippen molar-refractivity contribution in [1.29, 1.82) is 0 Å². The fourth-order valence-corrected chi connectivity index (χ4v) is 2.45. The molecule has 1 amide bonds.